The summed E-state index contributed by atoms with van der Waals surface area (Å²) in [6.07, 6.45) is -0.444. The second kappa shape index (κ2) is 5.28. The number of imide groups is 1. The number of cyclic esters (lactones) is 1. The molecule has 0 aromatic heterocycles. The van der Waals surface area contributed by atoms with E-state index in [-0.39, 0.29) is 6.54 Å². The monoisotopic (exact) mass is 314 g/mol. The zero-order chi connectivity index (χ0) is 16.6. The topological polar surface area (TPSA) is 103 Å². The summed E-state index contributed by atoms with van der Waals surface area (Å²) in [7, 11) is 0. The van der Waals surface area contributed by atoms with E-state index in [1.165, 1.54) is 4.90 Å². The number of nitriles is 1. The van der Waals surface area contributed by atoms with Gasteiger partial charge in [-0.05, 0) is 24.6 Å². The van der Waals surface area contributed by atoms with Crippen molar-refractivity contribution < 1.29 is 19.1 Å². The fourth-order valence-electron chi connectivity index (χ4n) is 2.72. The van der Waals surface area contributed by atoms with Gasteiger partial charge in [-0.2, -0.15) is 5.26 Å². The van der Waals surface area contributed by atoms with Crippen LogP contribution in [0.2, 0.25) is 0 Å². The number of carbonyl (C=O) groups excluding carboxylic acids is 3. The predicted molar refractivity (Wildman–Crippen MR) is 78.3 cm³/mol. The van der Waals surface area contributed by atoms with Gasteiger partial charge in [0.05, 0.1) is 12.6 Å². The number of rotatable bonds is 3. The molecule has 0 bridgehead atoms. The number of urea groups is 1. The number of hydrogen-bond donors (Lipinski definition) is 1. The third-order valence-corrected chi connectivity index (χ3v) is 4.00. The molecule has 0 aliphatic carbocycles. The Hall–Kier alpha value is -3.08. The summed E-state index contributed by atoms with van der Waals surface area (Å²) in [5, 5.41) is 11.3. The van der Waals surface area contributed by atoms with Crippen LogP contribution in [0.5, 0.6) is 0 Å². The van der Waals surface area contributed by atoms with Crippen molar-refractivity contribution in [2.45, 2.75) is 12.5 Å². The normalized spacial score (nSPS) is 23.7. The molecule has 3 rings (SSSR count). The van der Waals surface area contributed by atoms with Gasteiger partial charge in [-0.15, -0.1) is 0 Å². The van der Waals surface area contributed by atoms with Crippen molar-refractivity contribution in [1.29, 1.82) is 5.26 Å². The lowest BCUT2D eigenvalue weighted by molar-refractivity contribution is -0.130. The van der Waals surface area contributed by atoms with Gasteiger partial charge in [0.25, 0.3) is 5.91 Å². The van der Waals surface area contributed by atoms with Gasteiger partial charge in [0.2, 0.25) is 0 Å². The molecule has 1 aromatic rings. The van der Waals surface area contributed by atoms with Gasteiger partial charge in [0.1, 0.15) is 18.7 Å². The van der Waals surface area contributed by atoms with E-state index in [0.717, 1.165) is 4.90 Å². The van der Waals surface area contributed by atoms with Gasteiger partial charge >= 0.3 is 12.1 Å². The van der Waals surface area contributed by atoms with Gasteiger partial charge in [-0.3, -0.25) is 9.69 Å². The number of anilines is 1. The van der Waals surface area contributed by atoms with E-state index in [1.54, 1.807) is 37.3 Å². The number of carbonyl (C=O) groups is 3. The maximum absolute atomic E-state index is 12.5. The van der Waals surface area contributed by atoms with Crippen molar-refractivity contribution in [2.75, 3.05) is 24.6 Å². The maximum atomic E-state index is 12.5. The molecule has 8 nitrogen and oxygen atoms in total. The Labute approximate surface area is 132 Å². The van der Waals surface area contributed by atoms with Crippen molar-refractivity contribution in [1.82, 2.24) is 10.2 Å². The first kappa shape index (κ1) is 14.8. The summed E-state index contributed by atoms with van der Waals surface area (Å²) in [5.74, 6) is -0.495. The lowest BCUT2D eigenvalue weighted by Crippen LogP contribution is -2.41. The van der Waals surface area contributed by atoms with E-state index >= 15 is 0 Å². The van der Waals surface area contributed by atoms with Gasteiger partial charge < -0.3 is 10.1 Å². The Bertz CT molecular complexity index is 741. The molecule has 1 aromatic carbocycles. The third kappa shape index (κ3) is 2.26. The number of nitrogens with one attached hydrogen (secondary N) is 1. The van der Waals surface area contributed by atoms with Crippen LogP contribution in [0, 0.1) is 11.3 Å². The lowest BCUT2D eigenvalue weighted by atomic mass is 9.91. The Balaban J connectivity index is 1.96. The molecule has 2 saturated heterocycles. The van der Waals surface area contributed by atoms with Crippen LogP contribution in [0.4, 0.5) is 15.3 Å². The number of nitrogens with zero attached hydrogens (tertiary/aromatic N) is 3. The molecule has 2 fully saturated rings. The van der Waals surface area contributed by atoms with Crippen LogP contribution in [-0.4, -0.2) is 42.6 Å². The minimum Gasteiger partial charge on any atom is -0.447 e. The van der Waals surface area contributed by atoms with Gasteiger partial charge in [0, 0.05) is 5.69 Å². The highest BCUT2D eigenvalue weighted by Crippen LogP contribution is 2.31. The SMILES string of the molecule is C[C@]1(c2cccc(N3CCOC3=O)c2)NC(=O)N(CC#N)C1=O. The van der Waals surface area contributed by atoms with E-state index < -0.39 is 23.6 Å². The maximum Gasteiger partial charge on any atom is 0.414 e. The van der Waals surface area contributed by atoms with Crippen molar-refractivity contribution in [3.63, 3.8) is 0 Å². The van der Waals surface area contributed by atoms with Gasteiger partial charge in [0.15, 0.2) is 0 Å². The molecule has 118 valence electrons. The number of benzene rings is 1. The van der Waals surface area contributed by atoms with Crippen molar-refractivity contribution in [3.8, 4) is 6.07 Å². The average molecular weight is 314 g/mol. The first-order valence-electron chi connectivity index (χ1n) is 7.03. The number of hydrogen-bond acceptors (Lipinski definition) is 5. The Morgan fingerprint density at radius 3 is 2.83 bits per heavy atom. The molecule has 2 aliphatic rings. The molecule has 0 radical (unpaired) electrons. The molecule has 2 aliphatic heterocycles. The van der Waals surface area contributed by atoms with E-state index in [4.69, 9.17) is 10.00 Å². The fourth-order valence-corrected chi connectivity index (χ4v) is 2.72. The Morgan fingerprint density at radius 1 is 1.39 bits per heavy atom. The molecular weight excluding hydrogens is 300 g/mol. The second-order valence-electron chi connectivity index (χ2n) is 5.42. The van der Waals surface area contributed by atoms with Crippen LogP contribution in [0.25, 0.3) is 0 Å². The van der Waals surface area contributed by atoms with Crippen molar-refractivity contribution in [2.24, 2.45) is 0 Å². The molecule has 0 saturated carbocycles. The van der Waals surface area contributed by atoms with Crippen LogP contribution >= 0.6 is 0 Å². The second-order valence-corrected chi connectivity index (χ2v) is 5.42. The van der Waals surface area contributed by atoms with Crippen LogP contribution in [0.15, 0.2) is 24.3 Å². The highest BCUT2D eigenvalue weighted by atomic mass is 16.6. The summed E-state index contributed by atoms with van der Waals surface area (Å²) in [4.78, 5) is 38.4. The summed E-state index contributed by atoms with van der Waals surface area (Å²) in [5.41, 5.74) is -0.145. The fraction of sp³-hybridized carbons (Fsp3) is 0.333. The number of amides is 4. The smallest absolute Gasteiger partial charge is 0.414 e. The largest absolute Gasteiger partial charge is 0.447 e. The minimum atomic E-state index is -1.27. The molecular formula is C15H14N4O4. The molecule has 0 unspecified atom stereocenters. The average Bonchev–Trinajstić information content (AvgIpc) is 3.05. The van der Waals surface area contributed by atoms with E-state index in [0.29, 0.717) is 24.4 Å². The highest BCUT2D eigenvalue weighted by molar-refractivity contribution is 6.07. The Kier molecular flexibility index (Phi) is 3.41. The third-order valence-electron chi connectivity index (χ3n) is 4.00. The van der Waals surface area contributed by atoms with Gasteiger partial charge in [-0.25, -0.2) is 14.5 Å². The van der Waals surface area contributed by atoms with E-state index in [2.05, 4.69) is 5.32 Å². The van der Waals surface area contributed by atoms with Crippen LogP contribution < -0.4 is 10.2 Å². The summed E-state index contributed by atoms with van der Waals surface area (Å²) < 4.78 is 4.90. The quantitative estimate of drug-likeness (QED) is 0.660. The molecule has 23 heavy (non-hydrogen) atoms. The lowest BCUT2D eigenvalue weighted by Gasteiger charge is -2.23. The van der Waals surface area contributed by atoms with Crippen LogP contribution in [0.1, 0.15) is 12.5 Å². The van der Waals surface area contributed by atoms with Crippen molar-refractivity contribution in [3.05, 3.63) is 29.8 Å². The van der Waals surface area contributed by atoms with Crippen LogP contribution in [-0.2, 0) is 15.1 Å². The predicted octanol–water partition coefficient (Wildman–Crippen LogP) is 0.934. The number of ether oxygens (including phenoxy) is 1. The standard InChI is InChI=1S/C15H14N4O4/c1-15(12(20)19(6-5-16)13(21)17-15)10-3-2-4-11(9-10)18-7-8-23-14(18)22/h2-4,9H,6-8H2,1H3,(H,17,21)/t15-/m1/s1. The minimum absolute atomic E-state index is 0.307. The molecule has 1 atom stereocenters. The molecule has 0 spiro atoms. The summed E-state index contributed by atoms with van der Waals surface area (Å²) in [6.45, 7) is 2.01. The highest BCUT2D eigenvalue weighted by Gasteiger charge is 2.49. The van der Waals surface area contributed by atoms with Crippen molar-refractivity contribution >= 4 is 23.7 Å². The van der Waals surface area contributed by atoms with E-state index in [1.807, 2.05) is 0 Å². The zero-order valence-electron chi connectivity index (χ0n) is 12.4. The first-order valence-corrected chi connectivity index (χ1v) is 7.03. The van der Waals surface area contributed by atoms with Gasteiger partial charge in [-0.1, -0.05) is 12.1 Å². The molecule has 1 N–H and O–H groups in total. The molecule has 8 heteroatoms. The first-order chi connectivity index (χ1) is 11.0. The molecule has 4 amide bonds. The summed E-state index contributed by atoms with van der Waals surface area (Å²) in [6, 6.07) is 7.98. The zero-order valence-corrected chi connectivity index (χ0v) is 12.4. The van der Waals surface area contributed by atoms with E-state index in [9.17, 15) is 14.4 Å². The Morgan fingerprint density at radius 2 is 2.17 bits per heavy atom. The summed E-state index contributed by atoms with van der Waals surface area (Å²) >= 11 is 0. The molecule has 2 heterocycles. The van der Waals surface area contributed by atoms with Crippen LogP contribution in [0.3, 0.4) is 0 Å².